The Morgan fingerprint density at radius 2 is 1.38 bits per heavy atom. The van der Waals surface area contributed by atoms with Crippen LogP contribution in [0.15, 0.2) is 109 Å². The molecule has 4 aromatic rings. The fourth-order valence-electron chi connectivity index (χ4n) is 3.97. The number of esters is 1. The zero-order chi connectivity index (χ0) is 27.3. The largest absolute Gasteiger partial charge is 0.493 e. The van der Waals surface area contributed by atoms with E-state index in [1.807, 2.05) is 97.9 Å². The number of carbonyl (C=O) groups excluding carboxylic acids is 1. The van der Waals surface area contributed by atoms with Gasteiger partial charge in [0.25, 0.3) is 0 Å². The summed E-state index contributed by atoms with van der Waals surface area (Å²) < 4.78 is 22.8. The number of methoxy groups -OCH3 is 1. The molecule has 0 aliphatic heterocycles. The van der Waals surface area contributed by atoms with E-state index in [2.05, 4.69) is 12.1 Å². The van der Waals surface area contributed by atoms with Crippen LogP contribution in [0.5, 0.6) is 17.2 Å². The Balaban J connectivity index is 1.20. The first-order valence-electron chi connectivity index (χ1n) is 13.1. The summed E-state index contributed by atoms with van der Waals surface area (Å²) in [4.78, 5) is 12.4. The average molecular weight is 523 g/mol. The zero-order valence-electron chi connectivity index (χ0n) is 22.4. The minimum Gasteiger partial charge on any atom is -0.493 e. The first kappa shape index (κ1) is 27.5. The molecule has 1 atom stereocenters. The highest BCUT2D eigenvalue weighted by Gasteiger charge is 2.09. The van der Waals surface area contributed by atoms with Crippen molar-refractivity contribution in [2.45, 2.75) is 39.1 Å². The average Bonchev–Trinajstić information content (AvgIpc) is 2.98. The molecular weight excluding hydrogens is 488 g/mol. The third kappa shape index (κ3) is 9.08. The fraction of sp³-hybridized carbons (Fsp3) is 0.206. The third-order valence-electron chi connectivity index (χ3n) is 6.17. The van der Waals surface area contributed by atoms with Crippen LogP contribution in [0, 0.1) is 0 Å². The van der Waals surface area contributed by atoms with Crippen molar-refractivity contribution < 1.29 is 23.7 Å². The lowest BCUT2D eigenvalue weighted by Gasteiger charge is -2.13. The molecule has 0 aliphatic rings. The Hall–Kier alpha value is -4.51. The molecule has 0 aromatic heterocycles. The minimum absolute atomic E-state index is 0.209. The second-order valence-electron chi connectivity index (χ2n) is 9.22. The van der Waals surface area contributed by atoms with E-state index in [0.29, 0.717) is 24.7 Å². The van der Waals surface area contributed by atoms with Crippen molar-refractivity contribution in [3.63, 3.8) is 0 Å². The highest BCUT2D eigenvalue weighted by Crippen LogP contribution is 2.29. The Kier molecular flexibility index (Phi) is 10.2. The van der Waals surface area contributed by atoms with E-state index in [1.165, 1.54) is 11.6 Å². The van der Waals surface area contributed by atoms with Crippen molar-refractivity contribution in [2.24, 2.45) is 0 Å². The lowest BCUT2D eigenvalue weighted by Crippen LogP contribution is -2.13. The molecule has 5 heteroatoms. The van der Waals surface area contributed by atoms with Crippen molar-refractivity contribution >= 4 is 12.0 Å². The van der Waals surface area contributed by atoms with Gasteiger partial charge in [-0.05, 0) is 72.4 Å². The van der Waals surface area contributed by atoms with Gasteiger partial charge in [0.05, 0.1) is 13.2 Å². The summed E-state index contributed by atoms with van der Waals surface area (Å²) in [6.07, 6.45) is 4.48. The fourth-order valence-corrected chi connectivity index (χ4v) is 3.97. The van der Waals surface area contributed by atoms with Gasteiger partial charge in [0.1, 0.15) is 19.0 Å². The van der Waals surface area contributed by atoms with Gasteiger partial charge in [-0.1, -0.05) is 78.9 Å². The Morgan fingerprint density at radius 3 is 2.03 bits per heavy atom. The van der Waals surface area contributed by atoms with E-state index in [-0.39, 0.29) is 12.1 Å². The summed E-state index contributed by atoms with van der Waals surface area (Å²) in [5, 5.41) is 0. The highest BCUT2D eigenvalue weighted by atomic mass is 16.5. The third-order valence-corrected chi connectivity index (χ3v) is 6.17. The highest BCUT2D eigenvalue weighted by molar-refractivity contribution is 5.87. The van der Waals surface area contributed by atoms with Crippen molar-refractivity contribution in [3.05, 3.63) is 131 Å². The van der Waals surface area contributed by atoms with E-state index in [0.717, 1.165) is 35.3 Å². The maximum Gasteiger partial charge on any atom is 0.331 e. The summed E-state index contributed by atoms with van der Waals surface area (Å²) in [7, 11) is 1.60. The first-order chi connectivity index (χ1) is 19.1. The maximum atomic E-state index is 12.4. The molecular formula is C34H34O5. The molecule has 0 bridgehead atoms. The summed E-state index contributed by atoms with van der Waals surface area (Å²) in [5.41, 5.74) is 4.20. The maximum absolute atomic E-state index is 12.4. The number of carbonyl (C=O) groups is 1. The standard InChI is InChI=1S/C34H34O5/c1-26(13-14-27-15-19-31(20-16-27)37-24-29-9-5-3-6-10-29)39-34(35)22-18-28-17-21-32(33(23-28)36-2)38-25-30-11-7-4-8-12-30/h3-12,15-23,26H,13-14,24-25H2,1-2H3/b22-18+. The van der Waals surface area contributed by atoms with Crippen molar-refractivity contribution in [1.82, 2.24) is 0 Å². The van der Waals surface area contributed by atoms with Crippen molar-refractivity contribution in [3.8, 4) is 17.2 Å². The van der Waals surface area contributed by atoms with Gasteiger partial charge in [0.2, 0.25) is 0 Å². The molecule has 5 nitrogen and oxygen atoms in total. The smallest absolute Gasteiger partial charge is 0.331 e. The summed E-state index contributed by atoms with van der Waals surface area (Å²) in [6, 6.07) is 33.6. The molecule has 0 fully saturated rings. The van der Waals surface area contributed by atoms with Crippen molar-refractivity contribution in [2.75, 3.05) is 7.11 Å². The molecule has 39 heavy (non-hydrogen) atoms. The molecule has 4 rings (SSSR count). The van der Waals surface area contributed by atoms with Crippen molar-refractivity contribution in [1.29, 1.82) is 0 Å². The van der Waals surface area contributed by atoms with E-state index in [9.17, 15) is 4.79 Å². The van der Waals surface area contributed by atoms with E-state index in [1.54, 1.807) is 13.2 Å². The molecule has 0 spiro atoms. The molecule has 0 aliphatic carbocycles. The monoisotopic (exact) mass is 522 g/mol. The van der Waals surface area contributed by atoms with Gasteiger partial charge >= 0.3 is 5.97 Å². The van der Waals surface area contributed by atoms with Gasteiger partial charge in [-0.15, -0.1) is 0 Å². The first-order valence-corrected chi connectivity index (χ1v) is 13.1. The molecule has 1 unspecified atom stereocenters. The molecule has 0 saturated heterocycles. The van der Waals surface area contributed by atoms with Gasteiger partial charge in [0.15, 0.2) is 11.5 Å². The van der Waals surface area contributed by atoms with Gasteiger partial charge in [0, 0.05) is 6.08 Å². The number of hydrogen-bond acceptors (Lipinski definition) is 5. The quantitative estimate of drug-likeness (QED) is 0.135. The Labute approximate surface area is 230 Å². The van der Waals surface area contributed by atoms with Crippen LogP contribution < -0.4 is 14.2 Å². The van der Waals surface area contributed by atoms with Crippen LogP contribution in [0.25, 0.3) is 6.08 Å². The van der Waals surface area contributed by atoms with Crippen LogP contribution in [0.2, 0.25) is 0 Å². The molecule has 0 saturated carbocycles. The number of ether oxygens (including phenoxy) is 4. The van der Waals surface area contributed by atoms with Crippen LogP contribution >= 0.6 is 0 Å². The Morgan fingerprint density at radius 1 is 0.744 bits per heavy atom. The molecule has 4 aromatic carbocycles. The SMILES string of the molecule is COc1cc(/C=C/C(=O)OC(C)CCc2ccc(OCc3ccccc3)cc2)ccc1OCc1ccccc1. The number of benzene rings is 4. The lowest BCUT2D eigenvalue weighted by atomic mass is 10.1. The Bertz CT molecular complexity index is 1330. The zero-order valence-corrected chi connectivity index (χ0v) is 22.4. The topological polar surface area (TPSA) is 54.0 Å². The van der Waals surface area contributed by atoms with E-state index >= 15 is 0 Å². The summed E-state index contributed by atoms with van der Waals surface area (Å²) >= 11 is 0. The van der Waals surface area contributed by atoms with Gasteiger partial charge in [-0.25, -0.2) is 4.79 Å². The lowest BCUT2D eigenvalue weighted by molar-refractivity contribution is -0.142. The molecule has 0 heterocycles. The second kappa shape index (κ2) is 14.4. The second-order valence-corrected chi connectivity index (χ2v) is 9.22. The van der Waals surface area contributed by atoms with E-state index < -0.39 is 0 Å². The molecule has 200 valence electrons. The number of hydrogen-bond donors (Lipinski definition) is 0. The summed E-state index contributed by atoms with van der Waals surface area (Å²) in [6.45, 7) is 2.90. The predicted octanol–water partition coefficient (Wildman–Crippen LogP) is 7.43. The summed E-state index contributed by atoms with van der Waals surface area (Å²) in [5.74, 6) is 1.70. The van der Waals surface area contributed by atoms with Crippen LogP contribution in [0.1, 0.15) is 35.6 Å². The van der Waals surface area contributed by atoms with E-state index in [4.69, 9.17) is 18.9 Å². The van der Waals surface area contributed by atoms with Crippen LogP contribution in [0.3, 0.4) is 0 Å². The number of aryl methyl sites for hydroxylation is 1. The molecule has 0 N–H and O–H groups in total. The minimum atomic E-state index is -0.379. The number of rotatable bonds is 13. The molecule has 0 amide bonds. The van der Waals surface area contributed by atoms with Crippen LogP contribution in [-0.4, -0.2) is 19.2 Å². The molecule has 0 radical (unpaired) electrons. The van der Waals surface area contributed by atoms with Gasteiger partial charge < -0.3 is 18.9 Å². The van der Waals surface area contributed by atoms with Gasteiger partial charge in [-0.2, -0.15) is 0 Å². The van der Waals surface area contributed by atoms with Crippen LogP contribution in [-0.2, 0) is 29.2 Å². The predicted molar refractivity (Wildman–Crippen MR) is 154 cm³/mol. The normalized spacial score (nSPS) is 11.6. The van der Waals surface area contributed by atoms with Gasteiger partial charge in [-0.3, -0.25) is 0 Å². The van der Waals surface area contributed by atoms with Crippen LogP contribution in [0.4, 0.5) is 0 Å².